The number of hydrogen-bond acceptors (Lipinski definition) is 4. The molecule has 0 amide bonds. The summed E-state index contributed by atoms with van der Waals surface area (Å²) in [6, 6.07) is 3.45. The van der Waals surface area contributed by atoms with Crippen molar-refractivity contribution < 1.29 is 17.9 Å². The summed E-state index contributed by atoms with van der Waals surface area (Å²) in [4.78, 5) is 0. The molecule has 1 aromatic heterocycles. The van der Waals surface area contributed by atoms with Crippen LogP contribution in [0.5, 0.6) is 0 Å². The number of hydrogen-bond donors (Lipinski definition) is 1. The van der Waals surface area contributed by atoms with Gasteiger partial charge in [-0.15, -0.1) is 0 Å². The fourth-order valence-corrected chi connectivity index (χ4v) is 4.09. The topological polar surface area (TPSA) is 67.5 Å². The molecule has 18 heavy (non-hydrogen) atoms. The van der Waals surface area contributed by atoms with Gasteiger partial charge in [0.2, 0.25) is 0 Å². The summed E-state index contributed by atoms with van der Waals surface area (Å²) in [6.07, 6.45) is 3.44. The zero-order valence-corrected chi connectivity index (χ0v) is 12.6. The molecule has 1 aliphatic carbocycles. The van der Waals surface area contributed by atoms with Crippen molar-refractivity contribution in [2.24, 2.45) is 5.92 Å². The highest BCUT2D eigenvalue weighted by atomic mass is 79.9. The molecule has 1 aliphatic rings. The number of furan rings is 1. The molecule has 0 radical (unpaired) electrons. The van der Waals surface area contributed by atoms with Crippen LogP contribution in [0.1, 0.15) is 37.5 Å². The van der Waals surface area contributed by atoms with Gasteiger partial charge in [0.25, 0.3) is 0 Å². The molecule has 0 aromatic carbocycles. The van der Waals surface area contributed by atoms with Crippen LogP contribution in [0.3, 0.4) is 0 Å². The highest BCUT2D eigenvalue weighted by Crippen LogP contribution is 2.37. The standard InChI is InChI=1S/C12H17BrO4S/c1-18(15,16)9-4-2-3-8(7-9)12(14)10-5-6-11(13)17-10/h5-6,8-9,12,14H,2-4,7H2,1H3. The van der Waals surface area contributed by atoms with E-state index in [2.05, 4.69) is 15.9 Å². The highest BCUT2D eigenvalue weighted by molar-refractivity contribution is 9.10. The molecule has 0 aliphatic heterocycles. The van der Waals surface area contributed by atoms with Crippen LogP contribution in [0.2, 0.25) is 0 Å². The minimum Gasteiger partial charge on any atom is -0.452 e. The zero-order chi connectivity index (χ0) is 13.3. The van der Waals surface area contributed by atoms with Crippen LogP contribution in [0.25, 0.3) is 0 Å². The molecule has 1 heterocycles. The van der Waals surface area contributed by atoms with Crippen molar-refractivity contribution in [2.45, 2.75) is 37.0 Å². The summed E-state index contributed by atoms with van der Waals surface area (Å²) in [5.74, 6) is 0.456. The quantitative estimate of drug-likeness (QED) is 0.921. The van der Waals surface area contributed by atoms with Crippen molar-refractivity contribution in [1.29, 1.82) is 0 Å². The van der Waals surface area contributed by atoms with Crippen molar-refractivity contribution in [2.75, 3.05) is 6.26 Å². The van der Waals surface area contributed by atoms with Gasteiger partial charge in [0.05, 0.1) is 5.25 Å². The van der Waals surface area contributed by atoms with Gasteiger partial charge < -0.3 is 9.52 Å². The molecule has 2 rings (SSSR count). The molecule has 1 N–H and O–H groups in total. The van der Waals surface area contributed by atoms with Gasteiger partial charge in [-0.2, -0.15) is 0 Å². The number of sulfone groups is 1. The Bertz CT molecular complexity index is 508. The number of rotatable bonds is 3. The Morgan fingerprint density at radius 3 is 2.72 bits per heavy atom. The number of halogens is 1. The molecule has 0 spiro atoms. The molecule has 1 aromatic rings. The van der Waals surface area contributed by atoms with Crippen molar-refractivity contribution >= 4 is 25.8 Å². The molecule has 0 bridgehead atoms. The maximum absolute atomic E-state index is 11.6. The summed E-state index contributed by atoms with van der Waals surface area (Å²) in [6.45, 7) is 0. The molecule has 102 valence electrons. The Morgan fingerprint density at radius 1 is 1.44 bits per heavy atom. The average Bonchev–Trinajstić information content (AvgIpc) is 2.74. The Hall–Kier alpha value is -0.330. The van der Waals surface area contributed by atoms with E-state index in [0.29, 0.717) is 23.3 Å². The molecule has 3 unspecified atom stereocenters. The van der Waals surface area contributed by atoms with Crippen LogP contribution in [0.4, 0.5) is 0 Å². The lowest BCUT2D eigenvalue weighted by atomic mass is 9.84. The van der Waals surface area contributed by atoms with Gasteiger partial charge in [0, 0.05) is 6.26 Å². The Labute approximate surface area is 115 Å². The lowest BCUT2D eigenvalue weighted by molar-refractivity contribution is 0.0653. The minimum absolute atomic E-state index is 0.0449. The summed E-state index contributed by atoms with van der Waals surface area (Å²) in [5.41, 5.74) is 0. The lowest BCUT2D eigenvalue weighted by Gasteiger charge is -2.30. The molecule has 1 fully saturated rings. The number of aliphatic hydroxyl groups excluding tert-OH is 1. The van der Waals surface area contributed by atoms with Crippen LogP contribution in [-0.2, 0) is 9.84 Å². The second-order valence-electron chi connectivity index (χ2n) is 4.96. The maximum atomic E-state index is 11.6. The summed E-state index contributed by atoms with van der Waals surface area (Å²) >= 11 is 3.19. The van der Waals surface area contributed by atoms with E-state index < -0.39 is 15.9 Å². The lowest BCUT2D eigenvalue weighted by Crippen LogP contribution is -2.30. The van der Waals surface area contributed by atoms with E-state index in [1.54, 1.807) is 12.1 Å². The highest BCUT2D eigenvalue weighted by Gasteiger charge is 2.34. The monoisotopic (exact) mass is 336 g/mol. The zero-order valence-electron chi connectivity index (χ0n) is 10.2. The van der Waals surface area contributed by atoms with E-state index in [4.69, 9.17) is 4.42 Å². The van der Waals surface area contributed by atoms with Crippen LogP contribution in [-0.4, -0.2) is 25.0 Å². The summed E-state index contributed by atoms with van der Waals surface area (Å²) < 4.78 is 29.1. The molecular weight excluding hydrogens is 320 g/mol. The van der Waals surface area contributed by atoms with Gasteiger partial charge in [-0.25, -0.2) is 8.42 Å². The Morgan fingerprint density at radius 2 is 2.17 bits per heavy atom. The first-order valence-electron chi connectivity index (χ1n) is 6.00. The molecular formula is C12H17BrO4S. The molecule has 1 saturated carbocycles. The van der Waals surface area contributed by atoms with E-state index in [0.717, 1.165) is 12.8 Å². The summed E-state index contributed by atoms with van der Waals surface area (Å²) in [5, 5.41) is 9.90. The average molecular weight is 337 g/mol. The van der Waals surface area contributed by atoms with E-state index in [1.807, 2.05) is 0 Å². The van der Waals surface area contributed by atoms with Crippen molar-refractivity contribution in [3.63, 3.8) is 0 Å². The van der Waals surface area contributed by atoms with E-state index in [-0.39, 0.29) is 11.2 Å². The van der Waals surface area contributed by atoms with Crippen LogP contribution in [0, 0.1) is 5.92 Å². The first-order chi connectivity index (χ1) is 8.38. The normalized spacial score (nSPS) is 27.1. The smallest absolute Gasteiger partial charge is 0.169 e. The predicted molar refractivity (Wildman–Crippen MR) is 72.0 cm³/mol. The number of aliphatic hydroxyl groups is 1. The Balaban J connectivity index is 2.09. The van der Waals surface area contributed by atoms with E-state index in [9.17, 15) is 13.5 Å². The third-order valence-electron chi connectivity index (χ3n) is 3.60. The van der Waals surface area contributed by atoms with Gasteiger partial charge >= 0.3 is 0 Å². The summed E-state index contributed by atoms with van der Waals surface area (Å²) in [7, 11) is -3.02. The van der Waals surface area contributed by atoms with Gasteiger partial charge in [-0.1, -0.05) is 6.42 Å². The fraction of sp³-hybridized carbons (Fsp3) is 0.667. The first kappa shape index (κ1) is 14.1. The second-order valence-corrected chi connectivity index (χ2v) is 8.07. The van der Waals surface area contributed by atoms with E-state index in [1.165, 1.54) is 6.26 Å². The van der Waals surface area contributed by atoms with Crippen LogP contribution in [0.15, 0.2) is 21.2 Å². The van der Waals surface area contributed by atoms with Crippen molar-refractivity contribution in [3.05, 3.63) is 22.6 Å². The predicted octanol–water partition coefficient (Wildman–Crippen LogP) is 2.68. The maximum Gasteiger partial charge on any atom is 0.169 e. The second kappa shape index (κ2) is 5.35. The SMILES string of the molecule is CS(=O)(=O)C1CCCC(C(O)c2ccc(Br)o2)C1. The van der Waals surface area contributed by atoms with Crippen LogP contribution >= 0.6 is 15.9 Å². The van der Waals surface area contributed by atoms with Crippen molar-refractivity contribution in [3.8, 4) is 0 Å². The minimum atomic E-state index is -3.02. The molecule has 6 heteroatoms. The van der Waals surface area contributed by atoms with Gasteiger partial charge in [-0.3, -0.25) is 0 Å². The van der Waals surface area contributed by atoms with Gasteiger partial charge in [0.15, 0.2) is 4.67 Å². The third kappa shape index (κ3) is 3.16. The van der Waals surface area contributed by atoms with Crippen LogP contribution < -0.4 is 0 Å². The molecule has 0 saturated heterocycles. The van der Waals surface area contributed by atoms with Gasteiger partial charge in [-0.05, 0) is 53.2 Å². The van der Waals surface area contributed by atoms with Gasteiger partial charge in [0.1, 0.15) is 21.7 Å². The Kier molecular flexibility index (Phi) is 4.18. The van der Waals surface area contributed by atoms with E-state index >= 15 is 0 Å². The largest absolute Gasteiger partial charge is 0.452 e. The fourth-order valence-electron chi connectivity index (χ4n) is 2.58. The van der Waals surface area contributed by atoms with Crippen molar-refractivity contribution in [1.82, 2.24) is 0 Å². The molecule has 3 atom stereocenters. The first-order valence-corrected chi connectivity index (χ1v) is 8.75. The molecule has 4 nitrogen and oxygen atoms in total. The third-order valence-corrected chi connectivity index (χ3v) is 5.67.